The van der Waals surface area contributed by atoms with E-state index >= 15 is 0 Å². The number of benzene rings is 1. The Morgan fingerprint density at radius 1 is 1.29 bits per heavy atom. The summed E-state index contributed by atoms with van der Waals surface area (Å²) in [6, 6.07) is 7.81. The zero-order valence-corrected chi connectivity index (χ0v) is 14.8. The lowest BCUT2D eigenvalue weighted by molar-refractivity contribution is 0.0582. The van der Waals surface area contributed by atoms with E-state index in [0.29, 0.717) is 31.1 Å². The molecule has 0 fully saturated rings. The lowest BCUT2D eigenvalue weighted by atomic mass is 10.1. The van der Waals surface area contributed by atoms with Gasteiger partial charge in [-0.1, -0.05) is 18.2 Å². The highest BCUT2D eigenvalue weighted by Gasteiger charge is 2.22. The van der Waals surface area contributed by atoms with Crippen LogP contribution in [-0.2, 0) is 17.9 Å². The number of nitrogens with one attached hydrogen (secondary N) is 1. The third-order valence-electron chi connectivity index (χ3n) is 3.73. The summed E-state index contributed by atoms with van der Waals surface area (Å²) in [6.45, 7) is 6.82. The van der Waals surface area contributed by atoms with Crippen molar-refractivity contribution in [1.29, 1.82) is 0 Å². The molecule has 0 atom stereocenters. The summed E-state index contributed by atoms with van der Waals surface area (Å²) in [5, 5.41) is 11.3. The second-order valence-corrected chi connectivity index (χ2v) is 6.52. The summed E-state index contributed by atoms with van der Waals surface area (Å²) < 4.78 is 7.54. The van der Waals surface area contributed by atoms with Crippen LogP contribution in [0.25, 0.3) is 21.9 Å². The van der Waals surface area contributed by atoms with Crippen LogP contribution in [0, 0.1) is 0 Å². The number of pyridine rings is 1. The number of rotatable bonds is 6. The van der Waals surface area contributed by atoms with Crippen molar-refractivity contribution in [1.82, 2.24) is 14.5 Å². The predicted octanol–water partition coefficient (Wildman–Crippen LogP) is 3.46. The zero-order chi connectivity index (χ0) is 17.3. The van der Waals surface area contributed by atoms with Crippen molar-refractivity contribution in [2.24, 2.45) is 0 Å². The van der Waals surface area contributed by atoms with Gasteiger partial charge in [0.2, 0.25) is 0 Å². The molecule has 0 spiro atoms. The number of halogens is 1. The lowest BCUT2D eigenvalue weighted by Crippen LogP contribution is -2.27. The minimum absolute atomic E-state index is 0.358. The highest BCUT2D eigenvalue weighted by Crippen LogP contribution is 2.31. The Bertz CT molecular complexity index is 870. The molecule has 7 heteroatoms. The van der Waals surface area contributed by atoms with E-state index in [1.165, 1.54) is 0 Å². The van der Waals surface area contributed by atoms with E-state index in [1.807, 2.05) is 35.8 Å². The van der Waals surface area contributed by atoms with Gasteiger partial charge in [-0.15, -0.1) is 0 Å². The Morgan fingerprint density at radius 3 is 2.71 bits per heavy atom. The number of hydrogen-bond donors (Lipinski definition) is 2. The Hall–Kier alpha value is -1.89. The summed E-state index contributed by atoms with van der Waals surface area (Å²) in [5.41, 5.74) is 1.48. The molecule has 3 aromatic rings. The zero-order valence-electron chi connectivity index (χ0n) is 14.0. The van der Waals surface area contributed by atoms with Gasteiger partial charge in [0.05, 0.1) is 23.2 Å². The summed E-state index contributed by atoms with van der Waals surface area (Å²) in [7, 11) is 0. The van der Waals surface area contributed by atoms with E-state index in [4.69, 9.17) is 16.5 Å². The molecule has 2 heterocycles. The molecule has 2 aromatic heterocycles. The second kappa shape index (κ2) is 6.55. The van der Waals surface area contributed by atoms with Gasteiger partial charge in [-0.2, -0.15) is 0 Å². The van der Waals surface area contributed by atoms with Crippen LogP contribution in [0.15, 0.2) is 24.3 Å². The molecular weight excluding hydrogens is 328 g/mol. The third kappa shape index (κ3) is 3.17. The number of hydrogen-bond acceptors (Lipinski definition) is 5. The number of fused-ring (bicyclic) bond motifs is 3. The van der Waals surface area contributed by atoms with E-state index in [-0.39, 0.29) is 0 Å². The van der Waals surface area contributed by atoms with Crippen LogP contribution < -0.4 is 4.84 Å². The first kappa shape index (κ1) is 17.0. The number of aromatic nitrogens is 3. The van der Waals surface area contributed by atoms with Crippen LogP contribution in [0.4, 0.5) is 5.82 Å². The smallest absolute Gasteiger partial charge is 0.169 e. The Kier molecular flexibility index (Phi) is 4.62. The highest BCUT2D eigenvalue weighted by atomic mass is 35.5. The van der Waals surface area contributed by atoms with Gasteiger partial charge >= 0.3 is 0 Å². The summed E-state index contributed by atoms with van der Waals surface area (Å²) in [4.78, 5) is 11.8. The molecule has 0 saturated heterocycles. The number of ether oxygens (including phenoxy) is 1. The maximum Gasteiger partial charge on any atom is 0.169 e. The topological polar surface area (TPSA) is 72.2 Å². The van der Waals surface area contributed by atoms with Crippen molar-refractivity contribution >= 4 is 39.5 Å². The van der Waals surface area contributed by atoms with Gasteiger partial charge in [0.25, 0.3) is 0 Å². The van der Waals surface area contributed by atoms with Crippen molar-refractivity contribution in [3.63, 3.8) is 0 Å². The lowest BCUT2D eigenvalue weighted by Gasteiger charge is -2.20. The first-order chi connectivity index (χ1) is 11.4. The molecule has 24 heavy (non-hydrogen) atoms. The van der Waals surface area contributed by atoms with Crippen molar-refractivity contribution in [3.8, 4) is 0 Å². The predicted molar refractivity (Wildman–Crippen MR) is 96.1 cm³/mol. The number of anilines is 1. The summed E-state index contributed by atoms with van der Waals surface area (Å²) in [5.74, 6) is 1.23. The fraction of sp³-hybridized carbons (Fsp3) is 0.412. The molecular formula is C17H21ClN4O2. The Balaban J connectivity index is 2.34. The van der Waals surface area contributed by atoms with Crippen LogP contribution in [0.2, 0.25) is 0 Å². The summed E-state index contributed by atoms with van der Waals surface area (Å²) in [6.07, 6.45) is 0. The molecule has 6 nitrogen and oxygen atoms in total. The van der Waals surface area contributed by atoms with Crippen LogP contribution in [0.5, 0.6) is 0 Å². The average Bonchev–Trinajstić information content (AvgIpc) is 2.89. The van der Waals surface area contributed by atoms with E-state index in [1.54, 1.807) is 13.8 Å². The molecule has 1 aromatic carbocycles. The van der Waals surface area contributed by atoms with Crippen molar-refractivity contribution in [2.75, 3.05) is 11.4 Å². The SMILES string of the molecule is CCOCc1nc2c(NCl)nc3ccccc3c2n1CC(C)(C)O. The standard InChI is InChI=1S/C17H21ClN4O2/c1-4-24-9-13-20-14-15(22(13)10-17(2,3)23)11-7-5-6-8-12(11)19-16(14)21-18/h5-8,23H,4,9-10H2,1-3H3,(H,19,21). The molecule has 0 saturated carbocycles. The molecule has 0 unspecified atom stereocenters. The maximum atomic E-state index is 10.4. The average molecular weight is 349 g/mol. The van der Waals surface area contributed by atoms with Gasteiger partial charge in [0.15, 0.2) is 5.82 Å². The molecule has 0 radical (unpaired) electrons. The first-order valence-electron chi connectivity index (χ1n) is 7.89. The second-order valence-electron chi connectivity index (χ2n) is 6.33. The minimum atomic E-state index is -0.895. The number of nitrogens with zero attached hydrogens (tertiary/aromatic N) is 3. The molecule has 128 valence electrons. The quantitative estimate of drug-likeness (QED) is 0.667. The number of imidazole rings is 1. The Morgan fingerprint density at radius 2 is 2.04 bits per heavy atom. The molecule has 2 N–H and O–H groups in total. The van der Waals surface area contributed by atoms with Crippen molar-refractivity contribution < 1.29 is 9.84 Å². The van der Waals surface area contributed by atoms with Crippen LogP contribution in [-0.4, -0.2) is 31.8 Å². The molecule has 0 bridgehead atoms. The number of aliphatic hydroxyl groups is 1. The molecule has 0 aliphatic heterocycles. The van der Waals surface area contributed by atoms with Gasteiger partial charge in [-0.25, -0.2) is 9.97 Å². The maximum absolute atomic E-state index is 10.4. The highest BCUT2D eigenvalue weighted by molar-refractivity contribution is 6.26. The van der Waals surface area contributed by atoms with Crippen LogP contribution in [0.1, 0.15) is 26.6 Å². The van der Waals surface area contributed by atoms with Gasteiger partial charge in [0.1, 0.15) is 17.9 Å². The fourth-order valence-electron chi connectivity index (χ4n) is 2.81. The molecule has 0 amide bonds. The van der Waals surface area contributed by atoms with Crippen molar-refractivity contribution in [3.05, 3.63) is 30.1 Å². The summed E-state index contributed by atoms with van der Waals surface area (Å²) >= 11 is 5.86. The van der Waals surface area contributed by atoms with E-state index in [9.17, 15) is 5.11 Å². The minimum Gasteiger partial charge on any atom is -0.389 e. The largest absolute Gasteiger partial charge is 0.389 e. The fourth-order valence-corrected chi connectivity index (χ4v) is 2.94. The van der Waals surface area contributed by atoms with Crippen molar-refractivity contribution in [2.45, 2.75) is 39.5 Å². The van der Waals surface area contributed by atoms with Gasteiger partial charge < -0.3 is 14.4 Å². The number of para-hydroxylation sites is 1. The third-order valence-corrected chi connectivity index (χ3v) is 3.91. The molecule has 0 aliphatic carbocycles. The van der Waals surface area contributed by atoms with Gasteiger partial charge in [0, 0.05) is 23.8 Å². The van der Waals surface area contributed by atoms with Crippen LogP contribution >= 0.6 is 11.8 Å². The van der Waals surface area contributed by atoms with Gasteiger partial charge in [-0.3, -0.25) is 4.84 Å². The monoisotopic (exact) mass is 348 g/mol. The van der Waals surface area contributed by atoms with Crippen LogP contribution in [0.3, 0.4) is 0 Å². The molecule has 0 aliphatic rings. The van der Waals surface area contributed by atoms with E-state index in [2.05, 4.69) is 14.8 Å². The van der Waals surface area contributed by atoms with Gasteiger partial charge in [-0.05, 0) is 26.8 Å². The first-order valence-corrected chi connectivity index (χ1v) is 8.27. The van der Waals surface area contributed by atoms with E-state index < -0.39 is 5.60 Å². The molecule has 3 rings (SSSR count). The van der Waals surface area contributed by atoms with E-state index in [0.717, 1.165) is 22.2 Å². The normalized spacial score (nSPS) is 12.2. The Labute approximate surface area is 145 Å².